The first kappa shape index (κ1) is 16.5. The van der Waals surface area contributed by atoms with E-state index in [1.54, 1.807) is 12.1 Å². The topological polar surface area (TPSA) is 41.5 Å². The van der Waals surface area contributed by atoms with Gasteiger partial charge in [-0.2, -0.15) is 0 Å². The van der Waals surface area contributed by atoms with Gasteiger partial charge in [0, 0.05) is 12.6 Å². The van der Waals surface area contributed by atoms with E-state index in [4.69, 9.17) is 16.3 Å². The van der Waals surface area contributed by atoms with Crippen molar-refractivity contribution >= 4 is 24.0 Å². The molecule has 1 aromatic rings. The molecule has 17 heavy (non-hydrogen) atoms. The van der Waals surface area contributed by atoms with Crippen molar-refractivity contribution in [3.63, 3.8) is 0 Å². The molecule has 0 spiro atoms. The molecule has 0 bridgehead atoms. The number of benzene rings is 1. The highest BCUT2D eigenvalue weighted by Gasteiger charge is 2.07. The number of hydrogen-bond donors (Lipinski definition) is 2. The minimum atomic E-state index is -0.529. The summed E-state index contributed by atoms with van der Waals surface area (Å²) in [5, 5.41) is 13.3. The number of ether oxygens (including phenoxy) is 1. The van der Waals surface area contributed by atoms with Crippen molar-refractivity contribution in [1.29, 1.82) is 0 Å². The second-order valence-corrected chi connectivity index (χ2v) is 4.37. The fraction of sp³-hybridized carbons (Fsp3) is 0.500. The predicted molar refractivity (Wildman–Crippen MR) is 73.3 cm³/mol. The molecular formula is C12H19Cl2NO2. The van der Waals surface area contributed by atoms with Gasteiger partial charge in [-0.1, -0.05) is 37.6 Å². The van der Waals surface area contributed by atoms with Crippen LogP contribution in [-0.2, 0) is 0 Å². The highest BCUT2D eigenvalue weighted by molar-refractivity contribution is 6.32. The fourth-order valence-corrected chi connectivity index (χ4v) is 1.37. The van der Waals surface area contributed by atoms with Gasteiger partial charge in [0.25, 0.3) is 0 Å². The highest BCUT2D eigenvalue weighted by Crippen LogP contribution is 2.22. The quantitative estimate of drug-likeness (QED) is 0.841. The molecule has 0 saturated heterocycles. The molecule has 0 fully saturated rings. The Morgan fingerprint density at radius 1 is 1.35 bits per heavy atom. The van der Waals surface area contributed by atoms with Crippen LogP contribution in [0.4, 0.5) is 0 Å². The van der Waals surface area contributed by atoms with Gasteiger partial charge in [0.2, 0.25) is 0 Å². The molecule has 0 radical (unpaired) electrons. The molecule has 5 heteroatoms. The van der Waals surface area contributed by atoms with Crippen LogP contribution in [0.3, 0.4) is 0 Å². The molecule has 2 N–H and O–H groups in total. The summed E-state index contributed by atoms with van der Waals surface area (Å²) in [7, 11) is 0. The third-order valence-electron chi connectivity index (χ3n) is 2.03. The van der Waals surface area contributed by atoms with Crippen LogP contribution >= 0.6 is 24.0 Å². The molecule has 0 aliphatic heterocycles. The molecular weight excluding hydrogens is 261 g/mol. The van der Waals surface area contributed by atoms with Gasteiger partial charge >= 0.3 is 0 Å². The van der Waals surface area contributed by atoms with Crippen molar-refractivity contribution in [2.24, 2.45) is 0 Å². The molecule has 1 unspecified atom stereocenters. The molecule has 0 saturated carbocycles. The first-order valence-electron chi connectivity index (χ1n) is 5.38. The average molecular weight is 280 g/mol. The van der Waals surface area contributed by atoms with Gasteiger partial charge in [0.05, 0.1) is 5.02 Å². The maximum Gasteiger partial charge on any atom is 0.138 e. The number of aliphatic hydroxyl groups is 1. The summed E-state index contributed by atoms with van der Waals surface area (Å²) < 4.78 is 5.41. The third-order valence-corrected chi connectivity index (χ3v) is 2.34. The first-order valence-corrected chi connectivity index (χ1v) is 5.76. The monoisotopic (exact) mass is 279 g/mol. The summed E-state index contributed by atoms with van der Waals surface area (Å²) in [5.41, 5.74) is 0. The second-order valence-electron chi connectivity index (χ2n) is 3.96. The van der Waals surface area contributed by atoms with Gasteiger partial charge < -0.3 is 15.2 Å². The van der Waals surface area contributed by atoms with Crippen molar-refractivity contribution in [3.8, 4) is 5.75 Å². The zero-order valence-electron chi connectivity index (χ0n) is 10.0. The second kappa shape index (κ2) is 8.59. The Morgan fingerprint density at radius 2 is 2.00 bits per heavy atom. The molecule has 0 heterocycles. The number of aliphatic hydroxyl groups excluding tert-OH is 1. The van der Waals surface area contributed by atoms with Gasteiger partial charge in [-0.3, -0.25) is 0 Å². The maximum atomic E-state index is 9.62. The zero-order chi connectivity index (χ0) is 12.0. The molecule has 0 aliphatic rings. The summed E-state index contributed by atoms with van der Waals surface area (Å²) in [4.78, 5) is 0. The standard InChI is InChI=1S/C12H18ClNO2.ClH/c1-9(2)14-7-10(15)8-16-12-6-4-3-5-11(12)13;/h3-6,9-10,14-15H,7-8H2,1-2H3;1H. The van der Waals surface area contributed by atoms with E-state index in [9.17, 15) is 5.11 Å². The number of rotatable bonds is 6. The Balaban J connectivity index is 0.00000256. The maximum absolute atomic E-state index is 9.62. The molecule has 1 aromatic carbocycles. The van der Waals surface area contributed by atoms with Crippen LogP contribution in [0.5, 0.6) is 5.75 Å². The van der Waals surface area contributed by atoms with Crippen LogP contribution in [0.2, 0.25) is 5.02 Å². The van der Waals surface area contributed by atoms with E-state index >= 15 is 0 Å². The summed E-state index contributed by atoms with van der Waals surface area (Å²) in [6.07, 6.45) is -0.529. The number of halogens is 2. The minimum absolute atomic E-state index is 0. The largest absolute Gasteiger partial charge is 0.489 e. The van der Waals surface area contributed by atoms with Gasteiger partial charge in [-0.15, -0.1) is 12.4 Å². The Labute approximate surface area is 114 Å². The van der Waals surface area contributed by atoms with Crippen LogP contribution in [0, 0.1) is 0 Å². The zero-order valence-corrected chi connectivity index (χ0v) is 11.6. The molecule has 3 nitrogen and oxygen atoms in total. The highest BCUT2D eigenvalue weighted by atomic mass is 35.5. The normalized spacial score (nSPS) is 12.1. The lowest BCUT2D eigenvalue weighted by Gasteiger charge is -2.15. The molecule has 98 valence electrons. The molecule has 1 rings (SSSR count). The van der Waals surface area contributed by atoms with E-state index in [1.807, 2.05) is 26.0 Å². The smallest absolute Gasteiger partial charge is 0.138 e. The van der Waals surface area contributed by atoms with Crippen molar-refractivity contribution in [2.75, 3.05) is 13.2 Å². The van der Waals surface area contributed by atoms with Gasteiger partial charge in [-0.05, 0) is 12.1 Å². The van der Waals surface area contributed by atoms with E-state index in [0.717, 1.165) is 0 Å². The van der Waals surface area contributed by atoms with Crippen LogP contribution < -0.4 is 10.1 Å². The molecule has 0 amide bonds. The Kier molecular flexibility index (Phi) is 8.35. The van der Waals surface area contributed by atoms with E-state index in [0.29, 0.717) is 23.4 Å². The summed E-state index contributed by atoms with van der Waals surface area (Å²) >= 11 is 5.91. The van der Waals surface area contributed by atoms with E-state index in [-0.39, 0.29) is 19.0 Å². The van der Waals surface area contributed by atoms with E-state index < -0.39 is 6.10 Å². The minimum Gasteiger partial charge on any atom is -0.489 e. The molecule has 0 aromatic heterocycles. The van der Waals surface area contributed by atoms with E-state index in [1.165, 1.54) is 0 Å². The van der Waals surface area contributed by atoms with Gasteiger partial charge in [-0.25, -0.2) is 0 Å². The van der Waals surface area contributed by atoms with E-state index in [2.05, 4.69) is 5.32 Å². The van der Waals surface area contributed by atoms with Crippen molar-refractivity contribution in [3.05, 3.63) is 29.3 Å². The number of para-hydroxylation sites is 1. The Hall–Kier alpha value is -0.480. The number of hydrogen-bond acceptors (Lipinski definition) is 3. The fourth-order valence-electron chi connectivity index (χ4n) is 1.18. The number of nitrogens with one attached hydrogen (secondary N) is 1. The lowest BCUT2D eigenvalue weighted by atomic mass is 10.3. The van der Waals surface area contributed by atoms with Crippen LogP contribution in [0.1, 0.15) is 13.8 Å². The van der Waals surface area contributed by atoms with Crippen LogP contribution in [-0.4, -0.2) is 30.4 Å². The van der Waals surface area contributed by atoms with Crippen molar-refractivity contribution < 1.29 is 9.84 Å². The Morgan fingerprint density at radius 3 is 2.59 bits per heavy atom. The van der Waals surface area contributed by atoms with Crippen molar-refractivity contribution in [2.45, 2.75) is 26.0 Å². The summed E-state index contributed by atoms with van der Waals surface area (Å²) in [6, 6.07) is 7.59. The lowest BCUT2D eigenvalue weighted by molar-refractivity contribution is 0.105. The Bertz CT molecular complexity index is 321. The first-order chi connectivity index (χ1) is 7.59. The SMILES string of the molecule is CC(C)NCC(O)COc1ccccc1Cl.Cl. The third kappa shape index (κ3) is 6.74. The van der Waals surface area contributed by atoms with Crippen LogP contribution in [0.25, 0.3) is 0 Å². The average Bonchev–Trinajstić information content (AvgIpc) is 2.25. The van der Waals surface area contributed by atoms with Gasteiger partial charge in [0.15, 0.2) is 0 Å². The van der Waals surface area contributed by atoms with Crippen LogP contribution in [0.15, 0.2) is 24.3 Å². The van der Waals surface area contributed by atoms with Gasteiger partial charge in [0.1, 0.15) is 18.5 Å². The summed E-state index contributed by atoms with van der Waals surface area (Å²) in [5.74, 6) is 0.604. The molecule has 1 atom stereocenters. The van der Waals surface area contributed by atoms with Crippen molar-refractivity contribution in [1.82, 2.24) is 5.32 Å². The predicted octanol–water partition coefficient (Wildman–Crippen LogP) is 2.50. The summed E-state index contributed by atoms with van der Waals surface area (Å²) in [6.45, 7) is 4.81. The molecule has 0 aliphatic carbocycles. The lowest BCUT2D eigenvalue weighted by Crippen LogP contribution is -2.35.